The first-order chi connectivity index (χ1) is 11.2. The number of hydrogen-bond acceptors (Lipinski definition) is 8. The number of ether oxygens (including phenoxy) is 1. The SMILES string of the molecule is Cc1cc(NC(=O)CSc2cc(N3CCOCC3)ncn2)on1. The molecule has 8 nitrogen and oxygen atoms in total. The number of hydrogen-bond donors (Lipinski definition) is 1. The van der Waals surface area contributed by atoms with E-state index >= 15 is 0 Å². The van der Waals surface area contributed by atoms with E-state index in [-0.39, 0.29) is 11.7 Å². The van der Waals surface area contributed by atoms with Crippen LogP contribution >= 0.6 is 11.8 Å². The molecule has 3 rings (SSSR count). The smallest absolute Gasteiger partial charge is 0.237 e. The van der Waals surface area contributed by atoms with Gasteiger partial charge in [-0.25, -0.2) is 9.97 Å². The van der Waals surface area contributed by atoms with E-state index in [4.69, 9.17) is 9.26 Å². The second-order valence-corrected chi connectivity index (χ2v) is 5.98. The summed E-state index contributed by atoms with van der Waals surface area (Å²) in [6.45, 7) is 4.82. The molecular formula is C14H17N5O3S. The molecule has 0 aliphatic carbocycles. The molecule has 2 aromatic heterocycles. The monoisotopic (exact) mass is 335 g/mol. The lowest BCUT2D eigenvalue weighted by Crippen LogP contribution is -2.36. The minimum Gasteiger partial charge on any atom is -0.378 e. The molecule has 1 aliphatic heterocycles. The van der Waals surface area contributed by atoms with Crippen LogP contribution in [-0.2, 0) is 9.53 Å². The molecule has 0 aromatic carbocycles. The number of aryl methyl sites for hydroxylation is 1. The number of carbonyl (C=O) groups excluding carboxylic acids is 1. The third-order valence-corrected chi connectivity index (χ3v) is 4.13. The molecule has 0 atom stereocenters. The molecule has 0 bridgehead atoms. The van der Waals surface area contributed by atoms with Crippen LogP contribution in [0.15, 0.2) is 28.0 Å². The Morgan fingerprint density at radius 3 is 2.91 bits per heavy atom. The van der Waals surface area contributed by atoms with Crippen molar-refractivity contribution in [1.29, 1.82) is 0 Å². The number of nitrogens with one attached hydrogen (secondary N) is 1. The Kier molecular flexibility index (Phi) is 5.09. The third-order valence-electron chi connectivity index (χ3n) is 3.20. The van der Waals surface area contributed by atoms with Gasteiger partial charge in [0.2, 0.25) is 11.8 Å². The summed E-state index contributed by atoms with van der Waals surface area (Å²) in [5.74, 6) is 1.28. The van der Waals surface area contributed by atoms with Crippen molar-refractivity contribution in [3.05, 3.63) is 24.2 Å². The van der Waals surface area contributed by atoms with Crippen molar-refractivity contribution in [2.75, 3.05) is 42.3 Å². The number of thioether (sulfide) groups is 1. The Hall–Kier alpha value is -2.13. The number of morpholine rings is 1. The van der Waals surface area contributed by atoms with Gasteiger partial charge in [0.1, 0.15) is 17.2 Å². The molecule has 0 radical (unpaired) electrons. The molecule has 0 unspecified atom stereocenters. The third kappa shape index (κ3) is 4.42. The van der Waals surface area contributed by atoms with Gasteiger partial charge in [0.05, 0.1) is 24.7 Å². The lowest BCUT2D eigenvalue weighted by molar-refractivity contribution is -0.113. The van der Waals surface area contributed by atoms with Crippen LogP contribution in [0, 0.1) is 6.92 Å². The summed E-state index contributed by atoms with van der Waals surface area (Å²) >= 11 is 1.35. The fraction of sp³-hybridized carbons (Fsp3) is 0.429. The number of anilines is 2. The predicted molar refractivity (Wildman–Crippen MR) is 85.7 cm³/mol. The number of rotatable bonds is 5. The first kappa shape index (κ1) is 15.8. The largest absolute Gasteiger partial charge is 0.378 e. The highest BCUT2D eigenvalue weighted by Gasteiger charge is 2.14. The molecule has 2 aromatic rings. The standard InChI is InChI=1S/C14H17N5O3S/c1-10-6-13(22-18-10)17-12(20)8-23-14-7-11(15-9-16-14)19-2-4-21-5-3-19/h6-7,9H,2-5,8H2,1H3,(H,17,20). The van der Waals surface area contributed by atoms with Crippen molar-refractivity contribution in [3.63, 3.8) is 0 Å². The van der Waals surface area contributed by atoms with Crippen molar-refractivity contribution in [3.8, 4) is 0 Å². The van der Waals surface area contributed by atoms with Crippen molar-refractivity contribution in [2.45, 2.75) is 11.9 Å². The molecule has 1 aliphatic rings. The van der Waals surface area contributed by atoms with Crippen molar-refractivity contribution in [1.82, 2.24) is 15.1 Å². The first-order valence-electron chi connectivity index (χ1n) is 7.21. The molecular weight excluding hydrogens is 318 g/mol. The molecule has 1 amide bonds. The molecule has 1 N–H and O–H groups in total. The molecule has 0 saturated carbocycles. The Morgan fingerprint density at radius 1 is 1.35 bits per heavy atom. The van der Waals surface area contributed by atoms with Crippen LogP contribution in [0.5, 0.6) is 0 Å². The van der Waals surface area contributed by atoms with Crippen molar-refractivity contribution >= 4 is 29.4 Å². The number of nitrogens with zero attached hydrogens (tertiary/aromatic N) is 4. The van der Waals surface area contributed by atoms with Gasteiger partial charge in [-0.3, -0.25) is 10.1 Å². The van der Waals surface area contributed by atoms with Gasteiger partial charge in [0.15, 0.2) is 0 Å². The lowest BCUT2D eigenvalue weighted by Gasteiger charge is -2.27. The zero-order valence-corrected chi connectivity index (χ0v) is 13.5. The molecule has 3 heterocycles. The van der Waals surface area contributed by atoms with Crippen LogP contribution in [-0.4, -0.2) is 53.1 Å². The van der Waals surface area contributed by atoms with Crippen molar-refractivity contribution in [2.24, 2.45) is 0 Å². The maximum atomic E-state index is 11.9. The van der Waals surface area contributed by atoms with Crippen LogP contribution in [0.25, 0.3) is 0 Å². The topological polar surface area (TPSA) is 93.4 Å². The summed E-state index contributed by atoms with van der Waals surface area (Å²) in [6.07, 6.45) is 1.52. The van der Waals surface area contributed by atoms with Crippen LogP contribution in [0.3, 0.4) is 0 Å². The summed E-state index contributed by atoms with van der Waals surface area (Å²) in [5.41, 5.74) is 0.721. The molecule has 0 spiro atoms. The maximum absolute atomic E-state index is 11.9. The summed E-state index contributed by atoms with van der Waals surface area (Å²) in [6, 6.07) is 3.56. The van der Waals surface area contributed by atoms with Crippen molar-refractivity contribution < 1.29 is 14.1 Å². The number of aromatic nitrogens is 3. The van der Waals surface area contributed by atoms with E-state index in [0.29, 0.717) is 19.1 Å². The second kappa shape index (κ2) is 7.42. The van der Waals surface area contributed by atoms with E-state index in [9.17, 15) is 4.79 Å². The highest BCUT2D eigenvalue weighted by Crippen LogP contribution is 2.20. The Balaban J connectivity index is 1.54. The second-order valence-electron chi connectivity index (χ2n) is 4.98. The molecule has 122 valence electrons. The minimum atomic E-state index is -0.169. The average molecular weight is 335 g/mol. The van der Waals surface area contributed by atoms with E-state index in [0.717, 1.165) is 29.6 Å². The fourth-order valence-electron chi connectivity index (χ4n) is 2.11. The normalized spacial score (nSPS) is 14.7. The first-order valence-corrected chi connectivity index (χ1v) is 8.20. The lowest BCUT2D eigenvalue weighted by atomic mass is 10.4. The van der Waals surface area contributed by atoms with Gasteiger partial charge < -0.3 is 14.2 Å². The number of carbonyl (C=O) groups is 1. The zero-order chi connectivity index (χ0) is 16.1. The Bertz CT molecular complexity index is 672. The van der Waals surface area contributed by atoms with E-state index in [1.165, 1.54) is 18.1 Å². The van der Waals surface area contributed by atoms with Crippen LogP contribution in [0.2, 0.25) is 0 Å². The van der Waals surface area contributed by atoms with Crippen LogP contribution < -0.4 is 10.2 Å². The summed E-state index contributed by atoms with van der Waals surface area (Å²) in [4.78, 5) is 22.5. The quantitative estimate of drug-likeness (QED) is 0.646. The highest BCUT2D eigenvalue weighted by atomic mass is 32.2. The van der Waals surface area contributed by atoms with Gasteiger partial charge >= 0.3 is 0 Å². The zero-order valence-electron chi connectivity index (χ0n) is 12.7. The minimum absolute atomic E-state index is 0.169. The van der Waals surface area contributed by atoms with Gasteiger partial charge in [0, 0.05) is 25.2 Å². The molecule has 9 heteroatoms. The van der Waals surface area contributed by atoms with Gasteiger partial charge in [0.25, 0.3) is 0 Å². The number of amides is 1. The highest BCUT2D eigenvalue weighted by molar-refractivity contribution is 7.99. The van der Waals surface area contributed by atoms with Gasteiger partial charge in [-0.2, -0.15) is 0 Å². The fourth-order valence-corrected chi connectivity index (χ4v) is 2.77. The molecule has 1 fully saturated rings. The Labute approximate surface area is 137 Å². The van der Waals surface area contributed by atoms with E-state index in [1.807, 2.05) is 6.07 Å². The van der Waals surface area contributed by atoms with E-state index in [1.54, 1.807) is 13.0 Å². The molecule has 1 saturated heterocycles. The van der Waals surface area contributed by atoms with Crippen LogP contribution in [0.1, 0.15) is 5.69 Å². The summed E-state index contributed by atoms with van der Waals surface area (Å²) in [5, 5.41) is 7.13. The van der Waals surface area contributed by atoms with E-state index in [2.05, 4.69) is 25.3 Å². The molecule has 23 heavy (non-hydrogen) atoms. The summed E-state index contributed by atoms with van der Waals surface area (Å²) < 4.78 is 10.3. The summed E-state index contributed by atoms with van der Waals surface area (Å²) in [7, 11) is 0. The maximum Gasteiger partial charge on any atom is 0.237 e. The predicted octanol–water partition coefficient (Wildman–Crippen LogP) is 1.34. The van der Waals surface area contributed by atoms with Gasteiger partial charge in [-0.15, -0.1) is 0 Å². The van der Waals surface area contributed by atoms with Gasteiger partial charge in [-0.05, 0) is 6.92 Å². The Morgan fingerprint density at radius 2 is 2.17 bits per heavy atom. The van der Waals surface area contributed by atoms with Crippen LogP contribution in [0.4, 0.5) is 11.7 Å². The van der Waals surface area contributed by atoms with E-state index < -0.39 is 0 Å². The average Bonchev–Trinajstić information content (AvgIpc) is 2.99. The van der Waals surface area contributed by atoms with Gasteiger partial charge in [-0.1, -0.05) is 16.9 Å².